The second kappa shape index (κ2) is 7.82. The van der Waals surface area contributed by atoms with E-state index in [1.165, 1.54) is 42.5 Å². The van der Waals surface area contributed by atoms with Crippen LogP contribution in [0.25, 0.3) is 0 Å². The molecule has 2 N–H and O–H groups in total. The summed E-state index contributed by atoms with van der Waals surface area (Å²) >= 11 is 0. The Hall–Kier alpha value is -3.29. The Balaban J connectivity index is 1.80. The number of benzene rings is 2. The SMILES string of the molecule is O=C(Cc1cccc(F)c1)NCC(=O)Nc1ccc([N+](=O)[O-])cc1. The third-order valence-electron chi connectivity index (χ3n) is 3.06. The quantitative estimate of drug-likeness (QED) is 0.624. The van der Waals surface area contributed by atoms with Gasteiger partial charge in [-0.05, 0) is 29.8 Å². The van der Waals surface area contributed by atoms with Crippen molar-refractivity contribution in [2.24, 2.45) is 0 Å². The molecule has 0 heterocycles. The topological polar surface area (TPSA) is 101 Å². The molecule has 0 radical (unpaired) electrons. The Bertz CT molecular complexity index is 762. The van der Waals surface area contributed by atoms with Crippen LogP contribution in [0.2, 0.25) is 0 Å². The minimum Gasteiger partial charge on any atom is -0.347 e. The molecule has 7 nitrogen and oxygen atoms in total. The number of anilines is 1. The third kappa shape index (κ3) is 5.16. The van der Waals surface area contributed by atoms with E-state index in [4.69, 9.17) is 0 Å². The van der Waals surface area contributed by atoms with Crippen LogP contribution in [-0.4, -0.2) is 23.3 Å². The van der Waals surface area contributed by atoms with Crippen molar-refractivity contribution >= 4 is 23.2 Å². The van der Waals surface area contributed by atoms with E-state index in [9.17, 15) is 24.1 Å². The van der Waals surface area contributed by atoms with Gasteiger partial charge >= 0.3 is 0 Å². The number of nitrogens with zero attached hydrogens (tertiary/aromatic N) is 1. The fourth-order valence-electron chi connectivity index (χ4n) is 1.95. The fraction of sp³-hybridized carbons (Fsp3) is 0.125. The van der Waals surface area contributed by atoms with Gasteiger partial charge in [-0.1, -0.05) is 12.1 Å². The van der Waals surface area contributed by atoms with Crippen molar-refractivity contribution in [3.63, 3.8) is 0 Å². The predicted molar refractivity (Wildman–Crippen MR) is 84.8 cm³/mol. The van der Waals surface area contributed by atoms with E-state index in [2.05, 4.69) is 10.6 Å². The molecule has 2 aromatic carbocycles. The first-order valence-corrected chi connectivity index (χ1v) is 6.99. The van der Waals surface area contributed by atoms with Crippen LogP contribution in [0.3, 0.4) is 0 Å². The first-order valence-electron chi connectivity index (χ1n) is 6.99. The van der Waals surface area contributed by atoms with E-state index in [1.54, 1.807) is 6.07 Å². The summed E-state index contributed by atoms with van der Waals surface area (Å²) in [5.74, 6) is -1.33. The van der Waals surface area contributed by atoms with Crippen molar-refractivity contribution < 1.29 is 18.9 Å². The smallest absolute Gasteiger partial charge is 0.269 e. The normalized spacial score (nSPS) is 10.0. The van der Waals surface area contributed by atoms with E-state index in [-0.39, 0.29) is 18.7 Å². The van der Waals surface area contributed by atoms with Crippen LogP contribution in [0.15, 0.2) is 48.5 Å². The van der Waals surface area contributed by atoms with Crippen molar-refractivity contribution in [2.75, 3.05) is 11.9 Å². The highest BCUT2D eigenvalue weighted by Gasteiger charge is 2.09. The molecule has 0 bridgehead atoms. The predicted octanol–water partition coefficient (Wildman–Crippen LogP) is 2.03. The maximum atomic E-state index is 13.0. The van der Waals surface area contributed by atoms with Gasteiger partial charge in [-0.3, -0.25) is 19.7 Å². The van der Waals surface area contributed by atoms with Gasteiger partial charge in [0.25, 0.3) is 5.69 Å². The average Bonchev–Trinajstić information content (AvgIpc) is 2.53. The van der Waals surface area contributed by atoms with Gasteiger partial charge < -0.3 is 10.6 Å². The molecule has 0 unspecified atom stereocenters. The molecule has 0 aliphatic carbocycles. The highest BCUT2D eigenvalue weighted by molar-refractivity contribution is 5.94. The zero-order valence-corrected chi connectivity index (χ0v) is 12.5. The van der Waals surface area contributed by atoms with Crippen molar-refractivity contribution in [3.8, 4) is 0 Å². The summed E-state index contributed by atoms with van der Waals surface area (Å²) in [5.41, 5.74) is 0.796. The molecule has 0 aliphatic heterocycles. The Kier molecular flexibility index (Phi) is 5.56. The van der Waals surface area contributed by atoms with Crippen LogP contribution in [-0.2, 0) is 16.0 Å². The molecular weight excluding hydrogens is 317 g/mol. The Morgan fingerprint density at radius 3 is 2.42 bits per heavy atom. The summed E-state index contributed by atoms with van der Waals surface area (Å²) in [7, 11) is 0. The van der Waals surface area contributed by atoms with Crippen LogP contribution in [0.1, 0.15) is 5.56 Å². The second-order valence-electron chi connectivity index (χ2n) is 4.94. The van der Waals surface area contributed by atoms with Crippen LogP contribution in [0.5, 0.6) is 0 Å². The highest BCUT2D eigenvalue weighted by Crippen LogP contribution is 2.15. The summed E-state index contributed by atoms with van der Waals surface area (Å²) < 4.78 is 13.0. The Morgan fingerprint density at radius 2 is 1.79 bits per heavy atom. The van der Waals surface area contributed by atoms with Gasteiger partial charge in [-0.15, -0.1) is 0 Å². The lowest BCUT2D eigenvalue weighted by Gasteiger charge is -2.07. The van der Waals surface area contributed by atoms with Crippen LogP contribution >= 0.6 is 0 Å². The minimum absolute atomic E-state index is 0.0391. The molecule has 0 atom stereocenters. The lowest BCUT2D eigenvalue weighted by Crippen LogP contribution is -2.33. The van der Waals surface area contributed by atoms with E-state index >= 15 is 0 Å². The molecule has 0 spiro atoms. The zero-order chi connectivity index (χ0) is 17.5. The number of carbonyl (C=O) groups is 2. The molecular formula is C16H14FN3O4. The van der Waals surface area contributed by atoms with Gasteiger partial charge in [0, 0.05) is 17.8 Å². The number of nitrogens with one attached hydrogen (secondary N) is 2. The van der Waals surface area contributed by atoms with Gasteiger partial charge in [-0.25, -0.2) is 4.39 Å². The number of rotatable bonds is 6. The number of hydrogen-bond acceptors (Lipinski definition) is 4. The number of nitro groups is 1. The molecule has 0 fully saturated rings. The lowest BCUT2D eigenvalue weighted by atomic mass is 10.1. The minimum atomic E-state index is -0.543. The molecule has 0 aromatic heterocycles. The molecule has 2 rings (SSSR count). The summed E-state index contributed by atoms with van der Waals surface area (Å²) in [6.07, 6.45) is -0.0391. The van der Waals surface area contributed by atoms with Gasteiger partial charge in [-0.2, -0.15) is 0 Å². The van der Waals surface area contributed by atoms with Crippen molar-refractivity contribution in [1.29, 1.82) is 0 Å². The molecule has 24 heavy (non-hydrogen) atoms. The van der Waals surface area contributed by atoms with Crippen LogP contribution < -0.4 is 10.6 Å². The van der Waals surface area contributed by atoms with Gasteiger partial charge in [0.1, 0.15) is 5.82 Å². The fourth-order valence-corrected chi connectivity index (χ4v) is 1.95. The molecule has 2 amide bonds. The number of amides is 2. The molecule has 0 saturated heterocycles. The van der Waals surface area contributed by atoms with Crippen molar-refractivity contribution in [1.82, 2.24) is 5.32 Å². The van der Waals surface area contributed by atoms with Gasteiger partial charge in [0.2, 0.25) is 11.8 Å². The van der Waals surface area contributed by atoms with Crippen molar-refractivity contribution in [2.45, 2.75) is 6.42 Å². The van der Waals surface area contributed by atoms with Crippen LogP contribution in [0.4, 0.5) is 15.8 Å². The number of nitro benzene ring substituents is 1. The molecule has 8 heteroatoms. The first-order chi connectivity index (χ1) is 11.4. The lowest BCUT2D eigenvalue weighted by molar-refractivity contribution is -0.384. The third-order valence-corrected chi connectivity index (χ3v) is 3.06. The molecule has 0 aliphatic rings. The van der Waals surface area contributed by atoms with Crippen molar-refractivity contribution in [3.05, 3.63) is 70.0 Å². The first kappa shape index (κ1) is 17.1. The van der Waals surface area contributed by atoms with E-state index < -0.39 is 22.6 Å². The number of halogens is 1. The van der Waals surface area contributed by atoms with Gasteiger partial charge in [0.15, 0.2) is 0 Å². The van der Waals surface area contributed by atoms with E-state index in [0.29, 0.717) is 11.3 Å². The Morgan fingerprint density at radius 1 is 1.08 bits per heavy atom. The van der Waals surface area contributed by atoms with E-state index in [0.717, 1.165) is 0 Å². The monoisotopic (exact) mass is 331 g/mol. The maximum Gasteiger partial charge on any atom is 0.269 e. The molecule has 0 saturated carbocycles. The summed E-state index contributed by atoms with van der Waals surface area (Å²) in [6, 6.07) is 10.9. The standard InChI is InChI=1S/C16H14FN3O4/c17-12-3-1-2-11(8-12)9-15(21)18-10-16(22)19-13-4-6-14(7-5-13)20(23)24/h1-8H,9-10H2,(H,18,21)(H,19,22). The van der Waals surface area contributed by atoms with Crippen LogP contribution in [0, 0.1) is 15.9 Å². The Labute approximate surface area is 136 Å². The highest BCUT2D eigenvalue weighted by atomic mass is 19.1. The number of non-ortho nitro benzene ring substituents is 1. The second-order valence-corrected chi connectivity index (χ2v) is 4.94. The zero-order valence-electron chi connectivity index (χ0n) is 12.5. The summed E-state index contributed by atoms with van der Waals surface area (Å²) in [4.78, 5) is 33.4. The average molecular weight is 331 g/mol. The molecule has 124 valence electrons. The van der Waals surface area contributed by atoms with E-state index in [1.807, 2.05) is 0 Å². The summed E-state index contributed by atoms with van der Waals surface area (Å²) in [5, 5.41) is 15.4. The molecule has 2 aromatic rings. The summed E-state index contributed by atoms with van der Waals surface area (Å²) in [6.45, 7) is -0.259. The number of carbonyl (C=O) groups excluding carboxylic acids is 2. The van der Waals surface area contributed by atoms with Gasteiger partial charge in [0.05, 0.1) is 17.9 Å². The number of hydrogen-bond donors (Lipinski definition) is 2. The maximum absolute atomic E-state index is 13.0. The largest absolute Gasteiger partial charge is 0.347 e.